The van der Waals surface area contributed by atoms with Gasteiger partial charge in [-0.3, -0.25) is 10.1 Å². The van der Waals surface area contributed by atoms with Crippen LogP contribution >= 0.6 is 40.1 Å². The normalized spacial score (nSPS) is 17.6. The van der Waals surface area contributed by atoms with E-state index >= 15 is 0 Å². The molecule has 1 fully saturated rings. The van der Waals surface area contributed by atoms with Gasteiger partial charge >= 0.3 is 0 Å². The van der Waals surface area contributed by atoms with E-state index in [2.05, 4.69) is 21.2 Å². The highest BCUT2D eigenvalue weighted by Crippen LogP contribution is 2.19. The molecule has 0 saturated carbocycles. The van der Waals surface area contributed by atoms with E-state index in [-0.39, 0.29) is 30.2 Å². The third-order valence-corrected chi connectivity index (χ3v) is 4.51. The lowest BCUT2D eigenvalue weighted by Gasteiger charge is -2.24. The second-order valence-corrected chi connectivity index (χ2v) is 6.31. The molecular formula is C13H17BrClFN2OS. The summed E-state index contributed by atoms with van der Waals surface area (Å²) in [6.07, 6.45) is 0. The van der Waals surface area contributed by atoms with Crippen LogP contribution in [0.25, 0.3) is 0 Å². The standard InChI is InChI=1S/C13H16BrFN2OS.ClH/c1-2-17(13(18)12-7-19-8-16-12)6-9-5-10(14)3-4-11(9)15;/h3-5,12,16H,2,6-8H2,1H3;1H. The Bertz CT molecular complexity index is 472. The molecule has 1 saturated heterocycles. The summed E-state index contributed by atoms with van der Waals surface area (Å²) < 4.78 is 14.5. The number of likely N-dealkylation sites (N-methyl/N-ethyl adjacent to an activating group) is 1. The summed E-state index contributed by atoms with van der Waals surface area (Å²) >= 11 is 5.04. The van der Waals surface area contributed by atoms with E-state index < -0.39 is 0 Å². The van der Waals surface area contributed by atoms with Crippen LogP contribution in [0.4, 0.5) is 4.39 Å². The highest BCUT2D eigenvalue weighted by molar-refractivity contribution is 9.10. The SMILES string of the molecule is CCN(Cc1cc(Br)ccc1F)C(=O)C1CSCN1.Cl. The highest BCUT2D eigenvalue weighted by Gasteiger charge is 2.26. The van der Waals surface area contributed by atoms with Gasteiger partial charge in [0.25, 0.3) is 0 Å². The van der Waals surface area contributed by atoms with E-state index in [0.717, 1.165) is 16.1 Å². The molecule has 1 amide bonds. The van der Waals surface area contributed by atoms with Crippen molar-refractivity contribution in [1.82, 2.24) is 10.2 Å². The fraction of sp³-hybridized carbons (Fsp3) is 0.462. The number of nitrogens with zero attached hydrogens (tertiary/aromatic N) is 1. The molecule has 0 bridgehead atoms. The molecule has 7 heteroatoms. The smallest absolute Gasteiger partial charge is 0.240 e. The van der Waals surface area contributed by atoms with Gasteiger partial charge in [0.15, 0.2) is 0 Å². The summed E-state index contributed by atoms with van der Waals surface area (Å²) in [7, 11) is 0. The van der Waals surface area contributed by atoms with Gasteiger partial charge in [-0.05, 0) is 25.1 Å². The molecular weight excluding hydrogens is 367 g/mol. The first-order valence-corrected chi connectivity index (χ1v) is 8.10. The Balaban J connectivity index is 0.00000200. The number of hydrogen-bond donors (Lipinski definition) is 1. The minimum Gasteiger partial charge on any atom is -0.337 e. The number of rotatable bonds is 4. The molecule has 3 nitrogen and oxygen atoms in total. The molecule has 1 aromatic rings. The number of nitrogens with one attached hydrogen (secondary N) is 1. The lowest BCUT2D eigenvalue weighted by Crippen LogP contribution is -2.44. The molecule has 1 atom stereocenters. The van der Waals surface area contributed by atoms with Crippen LogP contribution in [-0.4, -0.2) is 35.0 Å². The molecule has 1 N–H and O–H groups in total. The van der Waals surface area contributed by atoms with Gasteiger partial charge in [-0.2, -0.15) is 0 Å². The van der Waals surface area contributed by atoms with Crippen molar-refractivity contribution in [2.24, 2.45) is 0 Å². The van der Waals surface area contributed by atoms with Crippen molar-refractivity contribution in [3.8, 4) is 0 Å². The van der Waals surface area contributed by atoms with E-state index in [4.69, 9.17) is 0 Å². The maximum atomic E-state index is 13.7. The summed E-state index contributed by atoms with van der Waals surface area (Å²) in [5.41, 5.74) is 0.537. The number of amides is 1. The summed E-state index contributed by atoms with van der Waals surface area (Å²) in [6.45, 7) is 2.80. The molecule has 0 spiro atoms. The van der Waals surface area contributed by atoms with Crippen LogP contribution in [0.15, 0.2) is 22.7 Å². The Morgan fingerprint density at radius 1 is 1.60 bits per heavy atom. The van der Waals surface area contributed by atoms with Crippen LogP contribution in [0.2, 0.25) is 0 Å². The van der Waals surface area contributed by atoms with Crippen LogP contribution in [0.5, 0.6) is 0 Å². The molecule has 0 radical (unpaired) electrons. The number of carbonyl (C=O) groups excluding carboxylic acids is 1. The molecule has 112 valence electrons. The minimum atomic E-state index is -0.275. The Kier molecular flexibility index (Phi) is 7.29. The van der Waals surface area contributed by atoms with Gasteiger partial charge < -0.3 is 4.90 Å². The molecule has 20 heavy (non-hydrogen) atoms. The summed E-state index contributed by atoms with van der Waals surface area (Å²) in [4.78, 5) is 14.0. The molecule has 0 aliphatic carbocycles. The summed E-state index contributed by atoms with van der Waals surface area (Å²) in [6, 6.07) is 4.66. The number of thioether (sulfide) groups is 1. The zero-order chi connectivity index (χ0) is 13.8. The van der Waals surface area contributed by atoms with Crippen molar-refractivity contribution in [1.29, 1.82) is 0 Å². The molecule has 1 aliphatic rings. The lowest BCUT2D eigenvalue weighted by molar-refractivity contribution is -0.133. The van der Waals surface area contributed by atoms with Gasteiger partial charge in [-0.15, -0.1) is 24.2 Å². The van der Waals surface area contributed by atoms with E-state index in [9.17, 15) is 9.18 Å². The quantitative estimate of drug-likeness (QED) is 0.867. The van der Waals surface area contributed by atoms with Crippen LogP contribution < -0.4 is 5.32 Å². The van der Waals surface area contributed by atoms with E-state index in [0.29, 0.717) is 18.7 Å². The van der Waals surface area contributed by atoms with Gasteiger partial charge in [0, 0.05) is 34.8 Å². The number of benzene rings is 1. The maximum absolute atomic E-state index is 13.7. The van der Waals surface area contributed by atoms with Gasteiger partial charge in [0.1, 0.15) is 5.82 Å². The molecule has 1 unspecified atom stereocenters. The lowest BCUT2D eigenvalue weighted by atomic mass is 10.2. The molecule has 0 aromatic heterocycles. The van der Waals surface area contributed by atoms with Gasteiger partial charge in [-0.25, -0.2) is 4.39 Å². The average molecular weight is 384 g/mol. The molecule has 1 aromatic carbocycles. The van der Waals surface area contributed by atoms with Crippen molar-refractivity contribution in [2.75, 3.05) is 18.2 Å². The fourth-order valence-electron chi connectivity index (χ4n) is 1.99. The topological polar surface area (TPSA) is 32.3 Å². The first kappa shape index (κ1) is 17.8. The second-order valence-electron chi connectivity index (χ2n) is 4.36. The van der Waals surface area contributed by atoms with Crippen LogP contribution in [0.3, 0.4) is 0 Å². The van der Waals surface area contributed by atoms with Gasteiger partial charge in [-0.1, -0.05) is 15.9 Å². The first-order valence-electron chi connectivity index (χ1n) is 6.15. The molecule has 1 heterocycles. The Hall–Kier alpha value is -0.300. The summed E-state index contributed by atoms with van der Waals surface area (Å²) in [5.74, 6) is 1.37. The van der Waals surface area contributed by atoms with E-state index in [1.54, 1.807) is 28.8 Å². The van der Waals surface area contributed by atoms with Gasteiger partial charge in [0.2, 0.25) is 5.91 Å². The minimum absolute atomic E-state index is 0. The third-order valence-electron chi connectivity index (χ3n) is 3.08. The zero-order valence-corrected chi connectivity index (χ0v) is 14.3. The average Bonchev–Trinajstić information content (AvgIpc) is 2.93. The Labute approximate surface area is 137 Å². The largest absolute Gasteiger partial charge is 0.337 e. The van der Waals surface area contributed by atoms with Crippen molar-refractivity contribution < 1.29 is 9.18 Å². The first-order chi connectivity index (χ1) is 9.11. The van der Waals surface area contributed by atoms with Crippen LogP contribution in [0, 0.1) is 5.82 Å². The second kappa shape index (κ2) is 8.22. The Morgan fingerprint density at radius 2 is 2.35 bits per heavy atom. The predicted octanol–water partition coefficient (Wildman–Crippen LogP) is 3.02. The summed E-state index contributed by atoms with van der Waals surface area (Å²) in [5, 5.41) is 3.15. The molecule has 2 rings (SSSR count). The highest BCUT2D eigenvalue weighted by atomic mass is 79.9. The fourth-order valence-corrected chi connectivity index (χ4v) is 3.33. The van der Waals surface area contributed by atoms with E-state index in [1.165, 1.54) is 6.07 Å². The number of carbonyl (C=O) groups is 1. The maximum Gasteiger partial charge on any atom is 0.240 e. The zero-order valence-electron chi connectivity index (χ0n) is 11.1. The van der Waals surface area contributed by atoms with Crippen molar-refractivity contribution in [2.45, 2.75) is 19.5 Å². The Morgan fingerprint density at radius 3 is 2.95 bits per heavy atom. The number of hydrogen-bond acceptors (Lipinski definition) is 3. The monoisotopic (exact) mass is 382 g/mol. The van der Waals surface area contributed by atoms with Gasteiger partial charge in [0.05, 0.1) is 6.04 Å². The number of halogens is 3. The van der Waals surface area contributed by atoms with Crippen molar-refractivity contribution >= 4 is 46.0 Å². The van der Waals surface area contributed by atoms with Crippen LogP contribution in [0.1, 0.15) is 12.5 Å². The predicted molar refractivity (Wildman–Crippen MR) is 86.7 cm³/mol. The van der Waals surface area contributed by atoms with E-state index in [1.807, 2.05) is 6.92 Å². The van der Waals surface area contributed by atoms with Crippen molar-refractivity contribution in [3.63, 3.8) is 0 Å². The van der Waals surface area contributed by atoms with Crippen molar-refractivity contribution in [3.05, 3.63) is 34.1 Å². The van der Waals surface area contributed by atoms with Crippen LogP contribution in [-0.2, 0) is 11.3 Å². The third kappa shape index (κ3) is 4.35. The molecule has 1 aliphatic heterocycles.